The van der Waals surface area contributed by atoms with E-state index in [9.17, 15) is 9.59 Å². The molecule has 4 nitrogen and oxygen atoms in total. The van der Waals surface area contributed by atoms with Gasteiger partial charge in [0.05, 0.1) is 5.75 Å². The van der Waals surface area contributed by atoms with Crippen molar-refractivity contribution in [3.63, 3.8) is 0 Å². The zero-order chi connectivity index (χ0) is 25.9. The minimum Gasteiger partial charge on any atom is -0.352 e. The van der Waals surface area contributed by atoms with Gasteiger partial charge in [0, 0.05) is 34.3 Å². The van der Waals surface area contributed by atoms with Gasteiger partial charge >= 0.3 is 0 Å². The SMILES string of the molecule is CC[C@H](C)NC(=O)[C@@H](Cc1ccccc1)N(Cc1ccc(Br)cc1)C(=O)CSCc1cccc(Cl)c1. The summed E-state index contributed by atoms with van der Waals surface area (Å²) in [5.41, 5.74) is 3.05. The number of thioether (sulfide) groups is 1. The quantitative estimate of drug-likeness (QED) is 0.251. The van der Waals surface area contributed by atoms with Crippen molar-refractivity contribution in [1.29, 1.82) is 0 Å². The highest BCUT2D eigenvalue weighted by atomic mass is 79.9. The first-order valence-corrected chi connectivity index (χ1v) is 14.4. The number of hydrogen-bond donors (Lipinski definition) is 1. The third-order valence-corrected chi connectivity index (χ3v) is 7.67. The Bertz CT molecular complexity index is 1130. The van der Waals surface area contributed by atoms with Gasteiger partial charge in [-0.15, -0.1) is 11.8 Å². The Morgan fingerprint density at radius 3 is 2.33 bits per heavy atom. The van der Waals surface area contributed by atoms with Gasteiger partial charge in [-0.2, -0.15) is 0 Å². The molecule has 3 rings (SSSR count). The molecule has 7 heteroatoms. The van der Waals surface area contributed by atoms with Crippen molar-refractivity contribution in [3.8, 4) is 0 Å². The number of rotatable bonds is 12. The van der Waals surface area contributed by atoms with Crippen LogP contribution in [0.3, 0.4) is 0 Å². The first-order valence-electron chi connectivity index (χ1n) is 12.1. The first-order chi connectivity index (χ1) is 17.4. The van der Waals surface area contributed by atoms with E-state index in [1.165, 1.54) is 11.8 Å². The van der Waals surface area contributed by atoms with Crippen LogP contribution in [0.1, 0.15) is 37.0 Å². The van der Waals surface area contributed by atoms with Crippen molar-refractivity contribution in [2.24, 2.45) is 0 Å². The van der Waals surface area contributed by atoms with Crippen molar-refractivity contribution in [2.45, 2.75) is 51.1 Å². The van der Waals surface area contributed by atoms with Crippen molar-refractivity contribution < 1.29 is 9.59 Å². The predicted octanol–water partition coefficient (Wildman–Crippen LogP) is 6.89. The average molecular weight is 588 g/mol. The second-order valence-electron chi connectivity index (χ2n) is 8.79. The molecule has 0 saturated heterocycles. The van der Waals surface area contributed by atoms with Crippen LogP contribution in [-0.4, -0.2) is 34.6 Å². The fourth-order valence-corrected chi connectivity index (χ4v) is 5.08. The second-order valence-corrected chi connectivity index (χ2v) is 11.1. The van der Waals surface area contributed by atoms with Crippen molar-refractivity contribution >= 4 is 51.1 Å². The molecular weight excluding hydrogens is 556 g/mol. The summed E-state index contributed by atoms with van der Waals surface area (Å²) in [7, 11) is 0. The molecule has 36 heavy (non-hydrogen) atoms. The molecule has 0 radical (unpaired) electrons. The number of nitrogens with zero attached hydrogens (tertiary/aromatic N) is 1. The maximum absolute atomic E-state index is 13.7. The standard InChI is InChI=1S/C29H32BrClN2O2S/c1-3-21(2)32-29(35)27(17-22-8-5-4-6-9-22)33(18-23-12-14-25(30)15-13-23)28(34)20-36-19-24-10-7-11-26(31)16-24/h4-16,21,27H,3,17-20H2,1-2H3,(H,32,35)/t21-,27+/m0/s1. The highest BCUT2D eigenvalue weighted by Crippen LogP contribution is 2.21. The predicted molar refractivity (Wildman–Crippen MR) is 154 cm³/mol. The van der Waals surface area contributed by atoms with Crippen LogP contribution in [0.4, 0.5) is 0 Å². The third kappa shape index (κ3) is 8.99. The number of halogens is 2. The van der Waals surface area contributed by atoms with E-state index < -0.39 is 6.04 Å². The molecule has 0 aliphatic carbocycles. The van der Waals surface area contributed by atoms with Gasteiger partial charge in [0.2, 0.25) is 11.8 Å². The van der Waals surface area contributed by atoms with Crippen LogP contribution in [0.25, 0.3) is 0 Å². The number of hydrogen-bond acceptors (Lipinski definition) is 3. The zero-order valence-electron chi connectivity index (χ0n) is 20.6. The van der Waals surface area contributed by atoms with Crippen LogP contribution in [0.2, 0.25) is 5.02 Å². The summed E-state index contributed by atoms with van der Waals surface area (Å²) < 4.78 is 0.969. The molecule has 2 atom stereocenters. The summed E-state index contributed by atoms with van der Waals surface area (Å²) >= 11 is 11.1. The normalized spacial score (nSPS) is 12.6. The largest absolute Gasteiger partial charge is 0.352 e. The molecule has 3 aromatic carbocycles. The van der Waals surface area contributed by atoms with Gasteiger partial charge < -0.3 is 10.2 Å². The minimum absolute atomic E-state index is 0.0256. The highest BCUT2D eigenvalue weighted by molar-refractivity contribution is 9.10. The number of carbonyl (C=O) groups excluding carboxylic acids is 2. The van der Waals surface area contributed by atoms with Crippen molar-refractivity contribution in [3.05, 3.63) is 105 Å². The summed E-state index contributed by atoms with van der Waals surface area (Å²) in [6, 6.07) is 24.8. The van der Waals surface area contributed by atoms with Gasteiger partial charge in [0.1, 0.15) is 6.04 Å². The summed E-state index contributed by atoms with van der Waals surface area (Å²) in [5.74, 6) is 0.745. The summed E-state index contributed by atoms with van der Waals surface area (Å²) in [4.78, 5) is 28.9. The van der Waals surface area contributed by atoms with Crippen LogP contribution in [0.5, 0.6) is 0 Å². The fraction of sp³-hybridized carbons (Fsp3) is 0.310. The zero-order valence-corrected chi connectivity index (χ0v) is 23.8. The van der Waals surface area contributed by atoms with Gasteiger partial charge in [-0.3, -0.25) is 9.59 Å². The minimum atomic E-state index is -0.621. The molecule has 0 bridgehead atoms. The Morgan fingerprint density at radius 1 is 0.972 bits per heavy atom. The molecule has 0 aliphatic heterocycles. The molecule has 0 aromatic heterocycles. The van der Waals surface area contributed by atoms with Crippen LogP contribution >= 0.6 is 39.3 Å². The van der Waals surface area contributed by atoms with E-state index in [0.29, 0.717) is 23.7 Å². The summed E-state index contributed by atoms with van der Waals surface area (Å²) in [5, 5.41) is 3.79. The van der Waals surface area contributed by atoms with Gasteiger partial charge in [0.25, 0.3) is 0 Å². The number of nitrogens with one attached hydrogen (secondary N) is 1. The Balaban J connectivity index is 1.85. The van der Waals surface area contributed by atoms with Gasteiger partial charge in [-0.05, 0) is 54.3 Å². The molecule has 0 unspecified atom stereocenters. The van der Waals surface area contributed by atoms with E-state index in [1.807, 2.05) is 92.7 Å². The molecule has 0 heterocycles. The molecule has 0 spiro atoms. The fourth-order valence-electron chi connectivity index (χ4n) is 3.75. The van der Waals surface area contributed by atoms with E-state index in [0.717, 1.165) is 27.6 Å². The lowest BCUT2D eigenvalue weighted by atomic mass is 10.0. The van der Waals surface area contributed by atoms with Crippen LogP contribution in [0.15, 0.2) is 83.3 Å². The second kappa shape index (κ2) is 14.5. The molecule has 0 aliphatic rings. The lowest BCUT2D eigenvalue weighted by Crippen LogP contribution is -2.52. The first kappa shape index (κ1) is 28.3. The van der Waals surface area contributed by atoms with Crippen LogP contribution in [-0.2, 0) is 28.3 Å². The van der Waals surface area contributed by atoms with Gasteiger partial charge in [-0.25, -0.2) is 0 Å². The monoisotopic (exact) mass is 586 g/mol. The van der Waals surface area contributed by atoms with Crippen LogP contribution < -0.4 is 5.32 Å². The third-order valence-electron chi connectivity index (χ3n) is 5.92. The molecular formula is C29H32BrClN2O2S. The topological polar surface area (TPSA) is 49.4 Å². The number of amides is 2. The maximum Gasteiger partial charge on any atom is 0.243 e. The van der Waals surface area contributed by atoms with Crippen LogP contribution in [0, 0.1) is 0 Å². The van der Waals surface area contributed by atoms with Crippen molar-refractivity contribution in [1.82, 2.24) is 10.2 Å². The Labute approximate surface area is 231 Å². The maximum atomic E-state index is 13.7. The van der Waals surface area contributed by atoms with Gasteiger partial charge in [0.15, 0.2) is 0 Å². The van der Waals surface area contributed by atoms with E-state index in [-0.39, 0.29) is 23.6 Å². The smallest absolute Gasteiger partial charge is 0.243 e. The molecule has 3 aromatic rings. The lowest BCUT2D eigenvalue weighted by Gasteiger charge is -2.32. The van der Waals surface area contributed by atoms with E-state index in [2.05, 4.69) is 21.2 Å². The number of benzene rings is 3. The van der Waals surface area contributed by atoms with Gasteiger partial charge in [-0.1, -0.05) is 89.1 Å². The molecule has 2 amide bonds. The molecule has 190 valence electrons. The molecule has 1 N–H and O–H groups in total. The summed E-state index contributed by atoms with van der Waals surface area (Å²) in [6.07, 6.45) is 1.27. The Hall–Kier alpha value is -2.28. The average Bonchev–Trinajstić information content (AvgIpc) is 2.87. The highest BCUT2D eigenvalue weighted by Gasteiger charge is 2.30. The Kier molecular flexibility index (Phi) is 11.4. The molecule has 0 saturated carbocycles. The number of carbonyl (C=O) groups is 2. The van der Waals surface area contributed by atoms with E-state index in [4.69, 9.17) is 11.6 Å². The lowest BCUT2D eigenvalue weighted by molar-refractivity contribution is -0.139. The van der Waals surface area contributed by atoms with E-state index in [1.54, 1.807) is 4.90 Å². The molecule has 0 fully saturated rings. The summed E-state index contributed by atoms with van der Waals surface area (Å²) in [6.45, 7) is 4.38. The van der Waals surface area contributed by atoms with E-state index >= 15 is 0 Å². The Morgan fingerprint density at radius 2 is 1.67 bits per heavy atom. The van der Waals surface area contributed by atoms with Crippen molar-refractivity contribution in [2.75, 3.05) is 5.75 Å².